The smallest absolute Gasteiger partial charge is 0.280 e. The second kappa shape index (κ2) is 4.60. The molecule has 1 heterocycles. The maximum absolute atomic E-state index is 11.6. The van der Waals surface area contributed by atoms with E-state index in [1.54, 1.807) is 6.07 Å². The Bertz CT molecular complexity index is 825. The van der Waals surface area contributed by atoms with Crippen LogP contribution >= 0.6 is 0 Å². The van der Waals surface area contributed by atoms with Gasteiger partial charge in [-0.2, -0.15) is 0 Å². The van der Waals surface area contributed by atoms with Crippen LogP contribution in [0.15, 0.2) is 29.4 Å². The van der Waals surface area contributed by atoms with E-state index in [2.05, 4.69) is 10.2 Å². The maximum Gasteiger partial charge on any atom is 0.280 e. The number of primary sulfonamides is 1. The van der Waals surface area contributed by atoms with E-state index in [1.165, 1.54) is 22.8 Å². The van der Waals surface area contributed by atoms with Crippen molar-refractivity contribution >= 4 is 15.7 Å². The Morgan fingerprint density at radius 1 is 1.29 bits per heavy atom. The largest absolute Gasteiger partial charge is 0.293 e. The summed E-state index contributed by atoms with van der Waals surface area (Å²) in [6.07, 6.45) is 1.52. The predicted octanol–water partition coefficient (Wildman–Crippen LogP) is 0.836. The normalized spacial score (nSPS) is 15.1. The number of nitro groups is 1. The zero-order valence-corrected chi connectivity index (χ0v) is 11.5. The summed E-state index contributed by atoms with van der Waals surface area (Å²) in [6, 6.07) is 5.89. The van der Waals surface area contributed by atoms with Crippen molar-refractivity contribution in [3.05, 3.63) is 34.4 Å². The molecule has 1 aromatic heterocycles. The molecule has 9 nitrogen and oxygen atoms in total. The summed E-state index contributed by atoms with van der Waals surface area (Å²) in [7, 11) is -4.04. The van der Waals surface area contributed by atoms with E-state index in [0.29, 0.717) is 0 Å². The summed E-state index contributed by atoms with van der Waals surface area (Å²) < 4.78 is 24.5. The van der Waals surface area contributed by atoms with Gasteiger partial charge in [-0.25, -0.2) is 13.6 Å². The lowest BCUT2D eigenvalue weighted by molar-refractivity contribution is -0.384. The molecule has 110 valence electrons. The van der Waals surface area contributed by atoms with Crippen molar-refractivity contribution < 1.29 is 13.3 Å². The molecule has 0 bridgehead atoms. The highest BCUT2D eigenvalue weighted by Crippen LogP contribution is 2.41. The van der Waals surface area contributed by atoms with E-state index in [4.69, 9.17) is 5.14 Å². The maximum atomic E-state index is 11.6. The Morgan fingerprint density at radius 2 is 1.95 bits per heavy atom. The molecule has 0 spiro atoms. The van der Waals surface area contributed by atoms with Gasteiger partial charge in [-0.15, -0.1) is 10.2 Å². The van der Waals surface area contributed by atoms with Gasteiger partial charge in [0.25, 0.3) is 20.9 Å². The van der Waals surface area contributed by atoms with Crippen LogP contribution in [0.25, 0.3) is 11.4 Å². The van der Waals surface area contributed by atoms with Gasteiger partial charge >= 0.3 is 0 Å². The Hall–Kier alpha value is -2.33. The molecule has 21 heavy (non-hydrogen) atoms. The fourth-order valence-corrected chi connectivity index (χ4v) is 2.80. The van der Waals surface area contributed by atoms with Crippen molar-refractivity contribution in [1.82, 2.24) is 14.8 Å². The summed E-state index contributed by atoms with van der Waals surface area (Å²) in [5.74, 6) is 0.147. The number of para-hydroxylation sites is 1. The van der Waals surface area contributed by atoms with Crippen LogP contribution in [0.2, 0.25) is 0 Å². The summed E-state index contributed by atoms with van der Waals surface area (Å²) >= 11 is 0. The first kappa shape index (κ1) is 13.6. The lowest BCUT2D eigenvalue weighted by Gasteiger charge is -2.07. The van der Waals surface area contributed by atoms with E-state index in [-0.39, 0.29) is 28.3 Å². The lowest BCUT2D eigenvalue weighted by atomic mass is 10.1. The minimum Gasteiger partial charge on any atom is -0.293 e. The Kier molecular flexibility index (Phi) is 2.99. The topological polar surface area (TPSA) is 134 Å². The molecular weight excluding hydrogens is 298 g/mol. The highest BCUT2D eigenvalue weighted by atomic mass is 32.2. The SMILES string of the molecule is NS(=O)(=O)c1nnc(-c2ccccc2[N+](=O)[O-])n1C1CC1. The van der Waals surface area contributed by atoms with Gasteiger partial charge in [0.05, 0.1) is 10.5 Å². The molecule has 3 rings (SSSR count). The molecule has 0 amide bonds. The van der Waals surface area contributed by atoms with Crippen LogP contribution in [0, 0.1) is 10.1 Å². The fraction of sp³-hybridized carbons (Fsp3) is 0.273. The molecular formula is C11H11N5O4S. The minimum atomic E-state index is -4.04. The van der Waals surface area contributed by atoms with Crippen LogP contribution in [0.5, 0.6) is 0 Å². The molecule has 1 aliphatic carbocycles. The van der Waals surface area contributed by atoms with Crippen molar-refractivity contribution in [3.63, 3.8) is 0 Å². The van der Waals surface area contributed by atoms with Crippen molar-refractivity contribution in [3.8, 4) is 11.4 Å². The number of hydrogen-bond donors (Lipinski definition) is 1. The van der Waals surface area contributed by atoms with Crippen molar-refractivity contribution in [2.75, 3.05) is 0 Å². The van der Waals surface area contributed by atoms with Gasteiger partial charge in [0.15, 0.2) is 5.82 Å². The molecule has 1 fully saturated rings. The second-order valence-corrected chi connectivity index (χ2v) is 6.18. The number of sulfonamides is 1. The van der Waals surface area contributed by atoms with Crippen LogP contribution in [-0.4, -0.2) is 28.1 Å². The zero-order chi connectivity index (χ0) is 15.2. The van der Waals surface area contributed by atoms with E-state index >= 15 is 0 Å². The van der Waals surface area contributed by atoms with Gasteiger partial charge in [0.1, 0.15) is 0 Å². The first-order valence-electron chi connectivity index (χ1n) is 6.11. The third-order valence-corrected chi connectivity index (χ3v) is 3.96. The molecule has 0 radical (unpaired) electrons. The quantitative estimate of drug-likeness (QED) is 0.656. The number of aromatic nitrogens is 3. The number of nitrogens with zero attached hydrogens (tertiary/aromatic N) is 4. The van der Waals surface area contributed by atoms with Crippen molar-refractivity contribution in [1.29, 1.82) is 0 Å². The van der Waals surface area contributed by atoms with E-state index < -0.39 is 14.9 Å². The summed E-state index contributed by atoms with van der Waals surface area (Å²) in [6.45, 7) is 0. The van der Waals surface area contributed by atoms with Crippen LogP contribution in [-0.2, 0) is 10.0 Å². The molecule has 2 aromatic rings. The number of nitro benzene ring substituents is 1. The number of benzene rings is 1. The monoisotopic (exact) mass is 309 g/mol. The van der Waals surface area contributed by atoms with Gasteiger partial charge < -0.3 is 0 Å². The molecule has 0 unspecified atom stereocenters. The predicted molar refractivity (Wildman–Crippen MR) is 71.8 cm³/mol. The van der Waals surface area contributed by atoms with Crippen molar-refractivity contribution in [2.24, 2.45) is 5.14 Å². The molecule has 10 heteroatoms. The molecule has 2 N–H and O–H groups in total. The van der Waals surface area contributed by atoms with Crippen LogP contribution < -0.4 is 5.14 Å². The van der Waals surface area contributed by atoms with Gasteiger partial charge in [0.2, 0.25) is 0 Å². The molecule has 0 aliphatic heterocycles. The molecule has 0 saturated heterocycles. The third-order valence-electron chi connectivity index (χ3n) is 3.17. The Morgan fingerprint density at radius 3 is 2.52 bits per heavy atom. The van der Waals surface area contributed by atoms with Gasteiger partial charge in [0, 0.05) is 12.1 Å². The van der Waals surface area contributed by atoms with Crippen molar-refractivity contribution in [2.45, 2.75) is 24.0 Å². The second-order valence-electron chi connectivity index (χ2n) is 4.73. The highest BCUT2D eigenvalue weighted by Gasteiger charge is 2.35. The van der Waals surface area contributed by atoms with E-state index in [0.717, 1.165) is 12.8 Å². The average molecular weight is 309 g/mol. The first-order chi connectivity index (χ1) is 9.89. The highest BCUT2D eigenvalue weighted by molar-refractivity contribution is 7.89. The van der Waals surface area contributed by atoms with E-state index in [9.17, 15) is 18.5 Å². The molecule has 0 atom stereocenters. The van der Waals surface area contributed by atoms with E-state index in [1.807, 2.05) is 0 Å². The Labute approximate surface area is 119 Å². The molecule has 1 aromatic carbocycles. The summed E-state index contributed by atoms with van der Waals surface area (Å²) in [4.78, 5) is 10.6. The summed E-state index contributed by atoms with van der Waals surface area (Å²) in [5, 5.41) is 23.3. The number of nitrogens with two attached hydrogens (primary N) is 1. The van der Waals surface area contributed by atoms with Gasteiger partial charge in [-0.05, 0) is 18.9 Å². The summed E-state index contributed by atoms with van der Waals surface area (Å²) in [5.41, 5.74) is 0.0598. The standard InChI is InChI=1S/C11H11N5O4S/c12-21(19,20)11-14-13-10(15(11)7-5-6-7)8-3-1-2-4-9(8)16(17)18/h1-4,7H,5-6H2,(H2,12,19,20). The number of hydrogen-bond acceptors (Lipinski definition) is 6. The van der Waals surface area contributed by atoms with Crippen LogP contribution in [0.1, 0.15) is 18.9 Å². The van der Waals surface area contributed by atoms with Gasteiger partial charge in [-0.1, -0.05) is 12.1 Å². The third kappa shape index (κ3) is 2.38. The molecule has 1 aliphatic rings. The zero-order valence-electron chi connectivity index (χ0n) is 10.7. The Balaban J connectivity index is 2.25. The first-order valence-corrected chi connectivity index (χ1v) is 7.65. The average Bonchev–Trinajstić information content (AvgIpc) is 3.15. The minimum absolute atomic E-state index is 0.0943. The number of rotatable bonds is 4. The lowest BCUT2D eigenvalue weighted by Crippen LogP contribution is -2.18. The van der Waals surface area contributed by atoms with Crippen LogP contribution in [0.3, 0.4) is 0 Å². The molecule has 1 saturated carbocycles. The fourth-order valence-electron chi connectivity index (χ4n) is 2.14. The van der Waals surface area contributed by atoms with Gasteiger partial charge in [-0.3, -0.25) is 14.7 Å². The van der Waals surface area contributed by atoms with Crippen LogP contribution in [0.4, 0.5) is 5.69 Å².